The zero-order chi connectivity index (χ0) is 17.9. The van der Waals surface area contributed by atoms with Gasteiger partial charge in [0.2, 0.25) is 0 Å². The molecular weight excluding hydrogens is 322 g/mol. The van der Waals surface area contributed by atoms with E-state index in [1.807, 2.05) is 54.6 Å². The molecule has 0 bridgehead atoms. The van der Waals surface area contributed by atoms with Gasteiger partial charge in [0.1, 0.15) is 5.69 Å². The van der Waals surface area contributed by atoms with E-state index in [0.29, 0.717) is 5.69 Å². The Kier molecular flexibility index (Phi) is 4.20. The lowest BCUT2D eigenvalue weighted by Gasteiger charge is -2.11. The van der Waals surface area contributed by atoms with Crippen molar-refractivity contribution in [2.75, 3.05) is 7.11 Å². The van der Waals surface area contributed by atoms with Crippen LogP contribution in [0.25, 0.3) is 33.2 Å². The van der Waals surface area contributed by atoms with Crippen LogP contribution in [0.15, 0.2) is 84.9 Å². The summed E-state index contributed by atoms with van der Waals surface area (Å²) in [6.45, 7) is 0. The molecule has 126 valence electrons. The Labute approximate surface area is 151 Å². The van der Waals surface area contributed by atoms with Crippen molar-refractivity contribution in [3.8, 4) is 22.4 Å². The van der Waals surface area contributed by atoms with Crippen molar-refractivity contribution < 1.29 is 9.53 Å². The SMILES string of the molecule is COC(=O)c1cc(-c2cccc3ccccc23)cc(-c2ccccc2)n1. The second-order valence-electron chi connectivity index (χ2n) is 6.01. The van der Waals surface area contributed by atoms with Gasteiger partial charge in [-0.25, -0.2) is 9.78 Å². The number of ether oxygens (including phenoxy) is 1. The third-order valence-electron chi connectivity index (χ3n) is 4.39. The number of benzene rings is 3. The molecule has 3 aromatic carbocycles. The number of hydrogen-bond acceptors (Lipinski definition) is 3. The lowest BCUT2D eigenvalue weighted by molar-refractivity contribution is 0.0594. The highest BCUT2D eigenvalue weighted by atomic mass is 16.5. The minimum absolute atomic E-state index is 0.303. The number of pyridine rings is 1. The summed E-state index contributed by atoms with van der Waals surface area (Å²) in [7, 11) is 1.37. The largest absolute Gasteiger partial charge is 0.464 e. The molecule has 0 fully saturated rings. The summed E-state index contributed by atoms with van der Waals surface area (Å²) >= 11 is 0. The first kappa shape index (κ1) is 16.0. The normalized spacial score (nSPS) is 10.7. The summed E-state index contributed by atoms with van der Waals surface area (Å²) in [5.74, 6) is -0.440. The van der Waals surface area contributed by atoms with Crippen molar-refractivity contribution in [3.05, 3.63) is 90.6 Å². The third-order valence-corrected chi connectivity index (χ3v) is 4.39. The lowest BCUT2D eigenvalue weighted by Crippen LogP contribution is -2.05. The Morgan fingerprint density at radius 2 is 1.54 bits per heavy atom. The van der Waals surface area contributed by atoms with E-state index in [2.05, 4.69) is 29.2 Å². The maximum Gasteiger partial charge on any atom is 0.356 e. The molecule has 0 saturated carbocycles. The van der Waals surface area contributed by atoms with Gasteiger partial charge in [0.05, 0.1) is 12.8 Å². The average Bonchev–Trinajstić information content (AvgIpc) is 2.73. The van der Waals surface area contributed by atoms with E-state index < -0.39 is 5.97 Å². The summed E-state index contributed by atoms with van der Waals surface area (Å²) in [5, 5.41) is 2.29. The third kappa shape index (κ3) is 2.95. The van der Waals surface area contributed by atoms with Gasteiger partial charge in [-0.3, -0.25) is 0 Å². The summed E-state index contributed by atoms with van der Waals surface area (Å²) in [6, 6.07) is 28.0. The van der Waals surface area contributed by atoms with Crippen molar-refractivity contribution in [1.29, 1.82) is 0 Å². The van der Waals surface area contributed by atoms with Gasteiger partial charge in [0, 0.05) is 5.56 Å². The summed E-state index contributed by atoms with van der Waals surface area (Å²) < 4.78 is 4.90. The van der Waals surface area contributed by atoms with Gasteiger partial charge in [0.25, 0.3) is 0 Å². The number of esters is 1. The summed E-state index contributed by atoms with van der Waals surface area (Å²) in [4.78, 5) is 16.7. The monoisotopic (exact) mass is 339 g/mol. The van der Waals surface area contributed by atoms with Crippen LogP contribution in [-0.4, -0.2) is 18.1 Å². The van der Waals surface area contributed by atoms with Crippen LogP contribution in [0.4, 0.5) is 0 Å². The zero-order valence-corrected chi connectivity index (χ0v) is 14.3. The van der Waals surface area contributed by atoms with Crippen LogP contribution in [0, 0.1) is 0 Å². The van der Waals surface area contributed by atoms with E-state index in [-0.39, 0.29) is 0 Å². The van der Waals surface area contributed by atoms with Gasteiger partial charge >= 0.3 is 5.97 Å². The van der Waals surface area contributed by atoms with E-state index >= 15 is 0 Å². The highest BCUT2D eigenvalue weighted by Crippen LogP contribution is 2.31. The van der Waals surface area contributed by atoms with Gasteiger partial charge in [-0.1, -0.05) is 72.8 Å². The molecule has 26 heavy (non-hydrogen) atoms. The van der Waals surface area contributed by atoms with Crippen LogP contribution in [-0.2, 0) is 4.74 Å². The van der Waals surface area contributed by atoms with Crippen molar-refractivity contribution in [2.45, 2.75) is 0 Å². The molecular formula is C23H17NO2. The molecule has 0 aliphatic heterocycles. The average molecular weight is 339 g/mol. The topological polar surface area (TPSA) is 39.2 Å². The fourth-order valence-electron chi connectivity index (χ4n) is 3.13. The Balaban J connectivity index is 1.97. The fraction of sp³-hybridized carbons (Fsp3) is 0.0435. The number of hydrogen-bond donors (Lipinski definition) is 0. The fourth-order valence-corrected chi connectivity index (χ4v) is 3.13. The number of carbonyl (C=O) groups is 1. The number of carbonyl (C=O) groups excluding carboxylic acids is 1. The number of fused-ring (bicyclic) bond motifs is 1. The van der Waals surface area contributed by atoms with E-state index in [4.69, 9.17) is 4.74 Å². The summed E-state index contributed by atoms with van der Waals surface area (Å²) in [5.41, 5.74) is 4.01. The standard InChI is InChI=1S/C23H17NO2/c1-26-23(25)22-15-18(14-21(24-22)17-9-3-2-4-10-17)20-13-7-11-16-8-5-6-12-19(16)20/h2-15H,1H3. The van der Waals surface area contributed by atoms with Crippen molar-refractivity contribution >= 4 is 16.7 Å². The highest BCUT2D eigenvalue weighted by Gasteiger charge is 2.14. The molecule has 1 heterocycles. The zero-order valence-electron chi connectivity index (χ0n) is 14.3. The number of aromatic nitrogens is 1. The van der Waals surface area contributed by atoms with Gasteiger partial charge in [0.15, 0.2) is 0 Å². The first-order valence-corrected chi connectivity index (χ1v) is 8.40. The number of methoxy groups -OCH3 is 1. The Bertz CT molecular complexity index is 1080. The maximum atomic E-state index is 12.2. The van der Waals surface area contributed by atoms with Crippen molar-refractivity contribution in [3.63, 3.8) is 0 Å². The van der Waals surface area contributed by atoms with Gasteiger partial charge in [-0.2, -0.15) is 0 Å². The number of rotatable bonds is 3. The van der Waals surface area contributed by atoms with Crippen LogP contribution in [0.2, 0.25) is 0 Å². The smallest absolute Gasteiger partial charge is 0.356 e. The lowest BCUT2D eigenvalue weighted by atomic mass is 9.97. The Hall–Kier alpha value is -3.46. The van der Waals surface area contributed by atoms with E-state index in [9.17, 15) is 4.79 Å². The quantitative estimate of drug-likeness (QED) is 0.472. The molecule has 0 radical (unpaired) electrons. The second-order valence-corrected chi connectivity index (χ2v) is 6.01. The predicted octanol–water partition coefficient (Wildman–Crippen LogP) is 5.36. The molecule has 0 amide bonds. The van der Waals surface area contributed by atoms with Crippen LogP contribution in [0.5, 0.6) is 0 Å². The molecule has 4 rings (SSSR count). The predicted molar refractivity (Wildman–Crippen MR) is 104 cm³/mol. The molecule has 0 aliphatic carbocycles. The van der Waals surface area contributed by atoms with Crippen LogP contribution in [0.3, 0.4) is 0 Å². The molecule has 3 nitrogen and oxygen atoms in total. The van der Waals surface area contributed by atoms with Gasteiger partial charge in [-0.15, -0.1) is 0 Å². The molecule has 0 unspecified atom stereocenters. The second kappa shape index (κ2) is 6.81. The first-order valence-electron chi connectivity index (χ1n) is 8.40. The van der Waals surface area contributed by atoms with Crippen molar-refractivity contribution in [2.24, 2.45) is 0 Å². The van der Waals surface area contributed by atoms with Gasteiger partial charge in [-0.05, 0) is 34.0 Å². The van der Waals surface area contributed by atoms with Crippen molar-refractivity contribution in [1.82, 2.24) is 4.98 Å². The minimum atomic E-state index is -0.440. The van der Waals surface area contributed by atoms with Crippen LogP contribution in [0.1, 0.15) is 10.5 Å². The maximum absolute atomic E-state index is 12.2. The molecule has 3 heteroatoms. The molecule has 0 N–H and O–H groups in total. The molecule has 0 atom stereocenters. The van der Waals surface area contributed by atoms with E-state index in [1.54, 1.807) is 6.07 Å². The van der Waals surface area contributed by atoms with E-state index in [0.717, 1.165) is 33.2 Å². The highest BCUT2D eigenvalue weighted by molar-refractivity contribution is 5.98. The first-order chi connectivity index (χ1) is 12.8. The van der Waals surface area contributed by atoms with Gasteiger partial charge < -0.3 is 4.74 Å². The Morgan fingerprint density at radius 1 is 0.808 bits per heavy atom. The summed E-state index contributed by atoms with van der Waals surface area (Å²) in [6.07, 6.45) is 0. The van der Waals surface area contributed by atoms with Crippen LogP contribution >= 0.6 is 0 Å². The van der Waals surface area contributed by atoms with Crippen LogP contribution < -0.4 is 0 Å². The molecule has 1 aromatic heterocycles. The minimum Gasteiger partial charge on any atom is -0.464 e. The number of nitrogens with zero attached hydrogens (tertiary/aromatic N) is 1. The molecule has 0 spiro atoms. The molecule has 0 aliphatic rings. The Morgan fingerprint density at radius 3 is 2.35 bits per heavy atom. The molecule has 0 saturated heterocycles. The molecule has 4 aromatic rings. The van der Waals surface area contributed by atoms with E-state index in [1.165, 1.54) is 7.11 Å².